The number of quaternary nitrogens is 1. The fraction of sp³-hybridized carbons (Fsp3) is 0.286. The Kier molecular flexibility index (Phi) is 5.80. The largest absolute Gasteiger partial charge is 1.00 e. The van der Waals surface area contributed by atoms with Gasteiger partial charge >= 0.3 is 0 Å². The van der Waals surface area contributed by atoms with Crippen molar-refractivity contribution in [3.05, 3.63) is 23.4 Å². The fourth-order valence-corrected chi connectivity index (χ4v) is 0.803. The summed E-state index contributed by atoms with van der Waals surface area (Å²) in [6.45, 7) is 1.31. The van der Waals surface area contributed by atoms with E-state index in [2.05, 4.69) is 10.7 Å². The Morgan fingerprint density at radius 1 is 1.50 bits per heavy atom. The van der Waals surface area contributed by atoms with Gasteiger partial charge in [0.15, 0.2) is 0 Å². The molecule has 1 heterocycles. The first-order valence-electron chi connectivity index (χ1n) is 3.37. The van der Waals surface area contributed by atoms with Gasteiger partial charge in [0, 0.05) is 6.07 Å². The summed E-state index contributed by atoms with van der Waals surface area (Å²) in [7, 11) is 0. The molecule has 12 heavy (non-hydrogen) atoms. The van der Waals surface area contributed by atoms with Crippen LogP contribution >= 0.6 is 11.6 Å². The summed E-state index contributed by atoms with van der Waals surface area (Å²) in [5.41, 5.74) is 3.64. The molecule has 0 aliphatic carbocycles. The van der Waals surface area contributed by atoms with Crippen LogP contribution in [0.2, 0.25) is 5.15 Å². The van der Waals surface area contributed by atoms with E-state index in [0.29, 0.717) is 17.6 Å². The number of ether oxygens (including phenoxy) is 1. The van der Waals surface area contributed by atoms with Crippen molar-refractivity contribution in [2.75, 3.05) is 13.2 Å². The molecule has 0 radical (unpaired) electrons. The van der Waals surface area contributed by atoms with E-state index in [0.717, 1.165) is 6.54 Å². The lowest BCUT2D eigenvalue weighted by atomic mass is 10.5. The Labute approximate surface area is 82.3 Å². The number of aromatic nitrogens is 1. The molecule has 0 saturated heterocycles. The molecule has 5 heteroatoms. The van der Waals surface area contributed by atoms with Crippen LogP contribution in [0.15, 0.2) is 18.2 Å². The highest BCUT2D eigenvalue weighted by molar-refractivity contribution is 6.29. The van der Waals surface area contributed by atoms with E-state index < -0.39 is 0 Å². The number of nitrogens with zero attached hydrogens (tertiary/aromatic N) is 1. The van der Waals surface area contributed by atoms with Crippen molar-refractivity contribution in [3.63, 3.8) is 0 Å². The van der Waals surface area contributed by atoms with Gasteiger partial charge in [0.1, 0.15) is 18.3 Å². The monoisotopic (exact) mass is 208 g/mol. The molecule has 0 atom stereocenters. The first kappa shape index (κ1) is 11.5. The quantitative estimate of drug-likeness (QED) is 0.553. The Balaban J connectivity index is 0.00000121. The molecule has 1 aromatic rings. The second kappa shape index (κ2) is 6.06. The highest BCUT2D eigenvalue weighted by Crippen LogP contribution is 2.10. The van der Waals surface area contributed by atoms with Gasteiger partial charge in [-0.1, -0.05) is 17.7 Å². The smallest absolute Gasteiger partial charge is 0.214 e. The summed E-state index contributed by atoms with van der Waals surface area (Å²) in [6.07, 6.45) is 0. The zero-order valence-corrected chi connectivity index (χ0v) is 7.98. The van der Waals surface area contributed by atoms with Crippen LogP contribution in [0.5, 0.6) is 5.88 Å². The van der Waals surface area contributed by atoms with Crippen molar-refractivity contribution in [2.45, 2.75) is 0 Å². The minimum atomic E-state index is 0. The third-order valence-corrected chi connectivity index (χ3v) is 1.29. The first-order valence-corrected chi connectivity index (χ1v) is 3.75. The number of halogens is 2. The molecule has 0 saturated carbocycles. The first-order chi connectivity index (χ1) is 5.33. The molecular formula is C7H10Cl2N2O. The van der Waals surface area contributed by atoms with Gasteiger partial charge in [-0.2, -0.15) is 0 Å². The zero-order valence-electron chi connectivity index (χ0n) is 6.46. The summed E-state index contributed by atoms with van der Waals surface area (Å²) >= 11 is 5.62. The highest BCUT2D eigenvalue weighted by Gasteiger charge is 1.94. The lowest BCUT2D eigenvalue weighted by molar-refractivity contribution is -0.371. The topological polar surface area (TPSA) is 49.8 Å². The van der Waals surface area contributed by atoms with Gasteiger partial charge in [-0.3, -0.25) is 0 Å². The maximum Gasteiger partial charge on any atom is 0.214 e. The number of hydrogen-bond donors (Lipinski definition) is 1. The average Bonchev–Trinajstić information content (AvgIpc) is 2.01. The van der Waals surface area contributed by atoms with E-state index in [9.17, 15) is 0 Å². The third kappa shape index (κ3) is 3.76. The predicted octanol–water partition coefficient (Wildman–Crippen LogP) is -2.64. The minimum absolute atomic E-state index is 0. The molecule has 1 rings (SSSR count). The Morgan fingerprint density at radius 2 is 2.25 bits per heavy atom. The highest BCUT2D eigenvalue weighted by atomic mass is 35.5. The normalized spacial score (nSPS) is 8.83. The molecule has 0 aliphatic rings. The molecule has 0 bridgehead atoms. The predicted molar refractivity (Wildman–Crippen MR) is 42.5 cm³/mol. The van der Waals surface area contributed by atoms with Crippen molar-refractivity contribution in [1.29, 1.82) is 0 Å². The fourth-order valence-electron chi connectivity index (χ4n) is 0.647. The van der Waals surface area contributed by atoms with Crippen LogP contribution < -0.4 is 22.9 Å². The summed E-state index contributed by atoms with van der Waals surface area (Å²) in [5.74, 6) is 0.557. The maximum atomic E-state index is 5.62. The van der Waals surface area contributed by atoms with E-state index in [1.807, 2.05) is 0 Å². The van der Waals surface area contributed by atoms with Gasteiger partial charge in [-0.15, -0.1) is 0 Å². The molecule has 0 unspecified atom stereocenters. The third-order valence-electron chi connectivity index (χ3n) is 1.08. The van der Waals surface area contributed by atoms with Crippen LogP contribution in [0, 0.1) is 0 Å². The zero-order chi connectivity index (χ0) is 8.10. The molecule has 68 valence electrons. The van der Waals surface area contributed by atoms with E-state index in [4.69, 9.17) is 16.3 Å². The molecule has 3 nitrogen and oxygen atoms in total. The SMILES string of the molecule is [Cl-].[NH3+]CCOc1cccc(Cl)n1. The molecule has 1 aromatic heterocycles. The Bertz CT molecular complexity index is 232. The van der Waals surface area contributed by atoms with Crippen LogP contribution in [0.3, 0.4) is 0 Å². The van der Waals surface area contributed by atoms with Gasteiger partial charge in [0.2, 0.25) is 5.88 Å². The van der Waals surface area contributed by atoms with Crippen molar-refractivity contribution in [3.8, 4) is 5.88 Å². The molecule has 0 amide bonds. The van der Waals surface area contributed by atoms with E-state index in [1.165, 1.54) is 0 Å². The van der Waals surface area contributed by atoms with E-state index >= 15 is 0 Å². The standard InChI is InChI=1S/C7H9ClN2O.ClH/c8-6-2-1-3-7(10-6)11-5-4-9;/h1-3H,4-5,9H2;1H. The summed E-state index contributed by atoms with van der Waals surface area (Å²) in [5, 5.41) is 0.451. The van der Waals surface area contributed by atoms with Gasteiger partial charge < -0.3 is 22.9 Å². The number of hydrogen-bond acceptors (Lipinski definition) is 2. The van der Waals surface area contributed by atoms with Crippen molar-refractivity contribution in [1.82, 2.24) is 4.98 Å². The molecular weight excluding hydrogens is 199 g/mol. The van der Waals surface area contributed by atoms with Gasteiger partial charge in [-0.05, 0) is 6.07 Å². The van der Waals surface area contributed by atoms with E-state index in [1.54, 1.807) is 18.2 Å². The van der Waals surface area contributed by atoms with Gasteiger partial charge in [0.05, 0.1) is 0 Å². The molecule has 3 N–H and O–H groups in total. The van der Waals surface area contributed by atoms with Crippen LogP contribution in [0.4, 0.5) is 0 Å². The van der Waals surface area contributed by atoms with Gasteiger partial charge in [0.25, 0.3) is 0 Å². The second-order valence-corrected chi connectivity index (χ2v) is 2.39. The number of pyridine rings is 1. The van der Waals surface area contributed by atoms with Crippen molar-refractivity contribution < 1.29 is 22.9 Å². The summed E-state index contributed by atoms with van der Waals surface area (Å²) in [6, 6.07) is 5.27. The minimum Gasteiger partial charge on any atom is -1.00 e. The average molecular weight is 209 g/mol. The van der Waals surface area contributed by atoms with E-state index in [-0.39, 0.29) is 12.4 Å². The van der Waals surface area contributed by atoms with Crippen LogP contribution in [-0.4, -0.2) is 18.1 Å². The molecule has 0 fully saturated rings. The summed E-state index contributed by atoms with van der Waals surface area (Å²) < 4.78 is 5.18. The Morgan fingerprint density at radius 3 is 2.83 bits per heavy atom. The van der Waals surface area contributed by atoms with Gasteiger partial charge in [-0.25, -0.2) is 4.98 Å². The van der Waals surface area contributed by atoms with Crippen molar-refractivity contribution >= 4 is 11.6 Å². The molecule has 0 spiro atoms. The maximum absolute atomic E-state index is 5.62. The summed E-state index contributed by atoms with van der Waals surface area (Å²) in [4.78, 5) is 3.93. The van der Waals surface area contributed by atoms with Crippen LogP contribution in [0.25, 0.3) is 0 Å². The molecule has 0 aliphatic heterocycles. The van der Waals surface area contributed by atoms with Crippen LogP contribution in [0.1, 0.15) is 0 Å². The lowest BCUT2D eigenvalue weighted by Crippen LogP contribution is -3.00. The van der Waals surface area contributed by atoms with Crippen LogP contribution in [-0.2, 0) is 0 Å². The lowest BCUT2D eigenvalue weighted by Gasteiger charge is -2.00. The molecule has 0 aromatic carbocycles. The number of rotatable bonds is 3. The van der Waals surface area contributed by atoms with Crippen molar-refractivity contribution in [2.24, 2.45) is 0 Å². The second-order valence-electron chi connectivity index (χ2n) is 2.00. The Hall–Kier alpha value is -0.510.